The quantitative estimate of drug-likeness (QED) is 0.650. The molecule has 0 aliphatic heterocycles. The summed E-state index contributed by atoms with van der Waals surface area (Å²) in [7, 11) is 1.55. The van der Waals surface area contributed by atoms with Gasteiger partial charge < -0.3 is 20.1 Å². The van der Waals surface area contributed by atoms with Crippen LogP contribution in [0.1, 0.15) is 56.8 Å². The first-order valence-corrected chi connectivity index (χ1v) is 10.2. The van der Waals surface area contributed by atoms with Gasteiger partial charge >= 0.3 is 5.97 Å². The maximum atomic E-state index is 12.5. The van der Waals surface area contributed by atoms with E-state index in [0.29, 0.717) is 17.2 Å². The highest BCUT2D eigenvalue weighted by Gasteiger charge is 2.27. The van der Waals surface area contributed by atoms with E-state index in [0.717, 1.165) is 25.7 Å². The Kier molecular flexibility index (Phi) is 8.49. The van der Waals surface area contributed by atoms with Crippen LogP contribution in [0, 0.1) is 11.8 Å². The van der Waals surface area contributed by atoms with Gasteiger partial charge in [-0.3, -0.25) is 9.59 Å². The topological polar surface area (TPSA) is 93.7 Å². The summed E-state index contributed by atoms with van der Waals surface area (Å²) in [5.41, 5.74) is 0.411. The van der Waals surface area contributed by atoms with Crippen molar-refractivity contribution in [2.75, 3.05) is 13.7 Å². The van der Waals surface area contributed by atoms with Crippen LogP contribution in [-0.2, 0) is 14.3 Å². The number of amides is 2. The number of nitrogens with one attached hydrogen (secondary N) is 2. The van der Waals surface area contributed by atoms with Crippen LogP contribution in [0.2, 0.25) is 0 Å². The van der Waals surface area contributed by atoms with E-state index in [1.54, 1.807) is 31.4 Å². The molecule has 1 aliphatic rings. The third kappa shape index (κ3) is 7.07. The molecule has 0 bridgehead atoms. The fourth-order valence-corrected chi connectivity index (χ4v) is 3.36. The number of hydrogen-bond acceptors (Lipinski definition) is 5. The van der Waals surface area contributed by atoms with E-state index in [1.165, 1.54) is 0 Å². The van der Waals surface area contributed by atoms with Gasteiger partial charge in [-0.05, 0) is 61.8 Å². The molecule has 7 nitrogen and oxygen atoms in total. The molecule has 0 spiro atoms. The summed E-state index contributed by atoms with van der Waals surface area (Å²) in [6.07, 6.45) is 4.09. The average molecular weight is 405 g/mol. The Balaban J connectivity index is 1.84. The Bertz CT molecular complexity index is 694. The first-order valence-electron chi connectivity index (χ1n) is 10.2. The fourth-order valence-electron chi connectivity index (χ4n) is 3.36. The van der Waals surface area contributed by atoms with Gasteiger partial charge in [0.2, 0.25) is 0 Å². The highest BCUT2D eigenvalue weighted by Crippen LogP contribution is 2.23. The van der Waals surface area contributed by atoms with Crippen LogP contribution in [-0.4, -0.2) is 43.6 Å². The minimum Gasteiger partial charge on any atom is -0.497 e. The molecule has 0 saturated heterocycles. The van der Waals surface area contributed by atoms with E-state index < -0.39 is 12.0 Å². The van der Waals surface area contributed by atoms with Gasteiger partial charge in [0.1, 0.15) is 11.8 Å². The molecule has 1 fully saturated rings. The van der Waals surface area contributed by atoms with Gasteiger partial charge in [0.25, 0.3) is 11.8 Å². The molecule has 160 valence electrons. The van der Waals surface area contributed by atoms with Gasteiger partial charge in [-0.25, -0.2) is 4.79 Å². The molecule has 1 aliphatic carbocycles. The van der Waals surface area contributed by atoms with Crippen molar-refractivity contribution in [3.63, 3.8) is 0 Å². The van der Waals surface area contributed by atoms with Gasteiger partial charge in [0.15, 0.2) is 6.61 Å². The van der Waals surface area contributed by atoms with E-state index in [4.69, 9.17) is 9.47 Å². The zero-order valence-electron chi connectivity index (χ0n) is 17.7. The fraction of sp³-hybridized carbons (Fsp3) is 0.591. The van der Waals surface area contributed by atoms with Crippen molar-refractivity contribution >= 4 is 17.8 Å². The van der Waals surface area contributed by atoms with Gasteiger partial charge in [-0.1, -0.05) is 20.8 Å². The number of ether oxygens (including phenoxy) is 2. The minimum absolute atomic E-state index is 0.146. The number of benzene rings is 1. The van der Waals surface area contributed by atoms with Crippen molar-refractivity contribution in [1.82, 2.24) is 10.6 Å². The highest BCUT2D eigenvalue weighted by molar-refractivity contribution is 5.97. The molecular weight excluding hydrogens is 372 g/mol. The SMILES string of the molecule is COc1ccc(C(=O)NC(C(=O)OCC(=O)NC2CCC(C)CC2)C(C)C)cc1. The summed E-state index contributed by atoms with van der Waals surface area (Å²) in [5, 5.41) is 5.62. The zero-order valence-corrected chi connectivity index (χ0v) is 17.7. The summed E-state index contributed by atoms with van der Waals surface area (Å²) in [4.78, 5) is 37.0. The standard InChI is InChI=1S/C22H32N2O5/c1-14(2)20(24-21(26)16-7-11-18(28-4)12-8-16)22(27)29-13-19(25)23-17-9-5-15(3)6-10-17/h7-8,11-12,14-15,17,20H,5-6,9-10,13H2,1-4H3,(H,23,25)(H,24,26). The van der Waals surface area contributed by atoms with E-state index in [1.807, 2.05) is 13.8 Å². The molecule has 2 N–H and O–H groups in total. The summed E-state index contributed by atoms with van der Waals surface area (Å²) in [6, 6.07) is 5.90. The lowest BCUT2D eigenvalue weighted by Crippen LogP contribution is -2.46. The molecule has 1 aromatic carbocycles. The lowest BCUT2D eigenvalue weighted by molar-refractivity contribution is -0.151. The number of carbonyl (C=O) groups is 3. The largest absolute Gasteiger partial charge is 0.497 e. The molecule has 2 rings (SSSR count). The number of carbonyl (C=O) groups excluding carboxylic acids is 3. The van der Waals surface area contributed by atoms with Crippen LogP contribution < -0.4 is 15.4 Å². The van der Waals surface area contributed by atoms with Crippen molar-refractivity contribution < 1.29 is 23.9 Å². The van der Waals surface area contributed by atoms with Crippen LogP contribution in [0.25, 0.3) is 0 Å². The molecule has 1 atom stereocenters. The average Bonchev–Trinajstić information content (AvgIpc) is 2.71. The number of esters is 1. The normalized spacial score (nSPS) is 19.9. The molecule has 2 amide bonds. The summed E-state index contributed by atoms with van der Waals surface area (Å²) < 4.78 is 10.3. The smallest absolute Gasteiger partial charge is 0.329 e. The molecule has 0 radical (unpaired) electrons. The third-order valence-electron chi connectivity index (χ3n) is 5.29. The van der Waals surface area contributed by atoms with E-state index >= 15 is 0 Å². The number of hydrogen-bond donors (Lipinski definition) is 2. The predicted molar refractivity (Wildman–Crippen MR) is 110 cm³/mol. The molecule has 7 heteroatoms. The van der Waals surface area contributed by atoms with Crippen molar-refractivity contribution in [2.45, 2.75) is 58.5 Å². The molecular formula is C22H32N2O5. The maximum Gasteiger partial charge on any atom is 0.329 e. The third-order valence-corrected chi connectivity index (χ3v) is 5.29. The van der Waals surface area contributed by atoms with Crippen molar-refractivity contribution in [1.29, 1.82) is 0 Å². The Morgan fingerprint density at radius 2 is 1.69 bits per heavy atom. The van der Waals surface area contributed by atoms with Gasteiger partial charge in [-0.15, -0.1) is 0 Å². The zero-order chi connectivity index (χ0) is 21.4. The van der Waals surface area contributed by atoms with Crippen LogP contribution in [0.15, 0.2) is 24.3 Å². The molecule has 1 aromatic rings. The minimum atomic E-state index is -0.840. The van der Waals surface area contributed by atoms with E-state index in [9.17, 15) is 14.4 Å². The second-order valence-corrected chi connectivity index (χ2v) is 8.06. The first kappa shape index (κ1) is 22.7. The highest BCUT2D eigenvalue weighted by atomic mass is 16.5. The van der Waals surface area contributed by atoms with Crippen molar-refractivity contribution in [3.8, 4) is 5.75 Å². The van der Waals surface area contributed by atoms with Gasteiger partial charge in [0, 0.05) is 11.6 Å². The first-order chi connectivity index (χ1) is 13.8. The Morgan fingerprint density at radius 3 is 2.24 bits per heavy atom. The second-order valence-electron chi connectivity index (χ2n) is 8.06. The lowest BCUT2D eigenvalue weighted by atomic mass is 9.87. The molecule has 0 heterocycles. The summed E-state index contributed by atoms with van der Waals surface area (Å²) in [5.74, 6) is -0.158. The monoisotopic (exact) mass is 404 g/mol. The molecule has 0 aromatic heterocycles. The Hall–Kier alpha value is -2.57. The predicted octanol–water partition coefficient (Wildman–Crippen LogP) is 2.69. The summed E-state index contributed by atoms with van der Waals surface area (Å²) in [6.45, 7) is 5.49. The van der Waals surface area contributed by atoms with Crippen LogP contribution in [0.3, 0.4) is 0 Å². The van der Waals surface area contributed by atoms with Gasteiger partial charge in [0.05, 0.1) is 7.11 Å². The molecule has 1 unspecified atom stereocenters. The van der Waals surface area contributed by atoms with Crippen molar-refractivity contribution in [3.05, 3.63) is 29.8 Å². The van der Waals surface area contributed by atoms with Gasteiger partial charge in [-0.2, -0.15) is 0 Å². The lowest BCUT2D eigenvalue weighted by Gasteiger charge is -2.27. The second kappa shape index (κ2) is 10.8. The van der Waals surface area contributed by atoms with E-state index in [-0.39, 0.29) is 30.4 Å². The van der Waals surface area contributed by atoms with Crippen molar-refractivity contribution in [2.24, 2.45) is 11.8 Å². The maximum absolute atomic E-state index is 12.5. The summed E-state index contributed by atoms with van der Waals surface area (Å²) >= 11 is 0. The van der Waals surface area contributed by atoms with Crippen LogP contribution in [0.5, 0.6) is 5.75 Å². The Labute approximate surface area is 172 Å². The van der Waals surface area contributed by atoms with Crippen LogP contribution >= 0.6 is 0 Å². The number of rotatable bonds is 8. The Morgan fingerprint density at radius 1 is 1.07 bits per heavy atom. The molecule has 1 saturated carbocycles. The number of methoxy groups -OCH3 is 1. The molecule has 29 heavy (non-hydrogen) atoms. The van der Waals surface area contributed by atoms with Crippen LogP contribution in [0.4, 0.5) is 0 Å². The van der Waals surface area contributed by atoms with E-state index in [2.05, 4.69) is 17.6 Å².